The molecule has 0 aliphatic carbocycles. The fourth-order valence-corrected chi connectivity index (χ4v) is 1.68. The summed E-state index contributed by atoms with van der Waals surface area (Å²) in [5.74, 6) is 0.320. The number of aromatic nitrogens is 3. The molecule has 2 rings (SSSR count). The second-order valence-electron chi connectivity index (χ2n) is 3.67. The maximum absolute atomic E-state index is 10.5. The monoisotopic (exact) mass is 239 g/mol. The highest BCUT2D eigenvalue weighted by atomic mass is 32.1. The molecule has 6 nitrogen and oxygen atoms in total. The van der Waals surface area contributed by atoms with E-state index < -0.39 is 5.60 Å². The van der Waals surface area contributed by atoms with E-state index in [1.807, 2.05) is 0 Å². The van der Waals surface area contributed by atoms with Gasteiger partial charge in [-0.05, 0) is 13.8 Å². The molecule has 0 fully saturated rings. The first-order valence-electron chi connectivity index (χ1n) is 4.48. The fraction of sp³-hybridized carbons (Fsp3) is 0.333. The van der Waals surface area contributed by atoms with E-state index in [4.69, 9.17) is 4.42 Å². The van der Waals surface area contributed by atoms with Gasteiger partial charge in [0.2, 0.25) is 5.89 Å². The molecule has 84 valence electrons. The highest BCUT2D eigenvalue weighted by Gasteiger charge is 2.24. The lowest BCUT2D eigenvalue weighted by atomic mass is 10.1. The third kappa shape index (κ3) is 2.00. The van der Waals surface area contributed by atoms with Crippen molar-refractivity contribution in [3.63, 3.8) is 0 Å². The van der Waals surface area contributed by atoms with E-state index >= 15 is 0 Å². The maximum atomic E-state index is 10.5. The van der Waals surface area contributed by atoms with Gasteiger partial charge in [-0.2, -0.15) is 0 Å². The molecule has 16 heavy (non-hydrogen) atoms. The number of carbonyl (C=O) groups is 1. The Hall–Kier alpha value is -1.60. The van der Waals surface area contributed by atoms with Gasteiger partial charge < -0.3 is 9.52 Å². The van der Waals surface area contributed by atoms with Crippen molar-refractivity contribution in [2.45, 2.75) is 19.4 Å². The summed E-state index contributed by atoms with van der Waals surface area (Å²) in [6.07, 6.45) is 0.646. The van der Waals surface area contributed by atoms with Gasteiger partial charge in [0.05, 0.1) is 0 Å². The highest BCUT2D eigenvalue weighted by Crippen LogP contribution is 2.25. The fourth-order valence-electron chi connectivity index (χ4n) is 0.995. The summed E-state index contributed by atoms with van der Waals surface area (Å²) in [4.78, 5) is 14.4. The summed E-state index contributed by atoms with van der Waals surface area (Å²) >= 11 is 1.23. The van der Waals surface area contributed by atoms with Crippen LogP contribution >= 0.6 is 11.3 Å². The Bertz CT molecular complexity index is 512. The van der Waals surface area contributed by atoms with Crippen molar-refractivity contribution in [2.75, 3.05) is 0 Å². The van der Waals surface area contributed by atoms with Gasteiger partial charge in [0.1, 0.15) is 11.3 Å². The number of carbonyl (C=O) groups excluding carboxylic acids is 1. The molecular formula is C9H9N3O3S. The molecule has 2 aromatic heterocycles. The van der Waals surface area contributed by atoms with Crippen molar-refractivity contribution in [2.24, 2.45) is 0 Å². The number of aliphatic hydroxyl groups is 1. The molecule has 0 aromatic carbocycles. The zero-order chi connectivity index (χ0) is 11.8. The zero-order valence-corrected chi connectivity index (χ0v) is 9.48. The van der Waals surface area contributed by atoms with E-state index in [1.54, 1.807) is 19.2 Å². The SMILES string of the molecule is CC(C)(O)c1nnc(-c2nc(C=O)cs2)o1. The van der Waals surface area contributed by atoms with Gasteiger partial charge >= 0.3 is 0 Å². The topological polar surface area (TPSA) is 89.1 Å². The van der Waals surface area contributed by atoms with Crippen LogP contribution in [-0.4, -0.2) is 26.6 Å². The Morgan fingerprint density at radius 1 is 1.50 bits per heavy atom. The number of thiazole rings is 1. The van der Waals surface area contributed by atoms with E-state index in [9.17, 15) is 9.90 Å². The van der Waals surface area contributed by atoms with Crippen molar-refractivity contribution < 1.29 is 14.3 Å². The van der Waals surface area contributed by atoms with Crippen molar-refractivity contribution in [3.05, 3.63) is 17.0 Å². The van der Waals surface area contributed by atoms with Gasteiger partial charge in [-0.25, -0.2) is 4.98 Å². The van der Waals surface area contributed by atoms with E-state index in [0.717, 1.165) is 0 Å². The normalized spacial score (nSPS) is 11.7. The Morgan fingerprint density at radius 2 is 2.25 bits per heavy atom. The molecule has 0 amide bonds. The summed E-state index contributed by atoms with van der Waals surface area (Å²) < 4.78 is 5.25. The van der Waals surface area contributed by atoms with Gasteiger partial charge in [0.15, 0.2) is 11.3 Å². The molecule has 2 aromatic rings. The molecule has 0 spiro atoms. The summed E-state index contributed by atoms with van der Waals surface area (Å²) in [6, 6.07) is 0. The highest BCUT2D eigenvalue weighted by molar-refractivity contribution is 7.13. The first-order valence-corrected chi connectivity index (χ1v) is 5.36. The number of hydrogen-bond acceptors (Lipinski definition) is 7. The average Bonchev–Trinajstić information content (AvgIpc) is 2.85. The van der Waals surface area contributed by atoms with Crippen LogP contribution in [0.3, 0.4) is 0 Å². The first-order chi connectivity index (χ1) is 7.50. The van der Waals surface area contributed by atoms with Crippen LogP contribution in [0.2, 0.25) is 0 Å². The van der Waals surface area contributed by atoms with Crippen LogP contribution in [0.15, 0.2) is 9.80 Å². The van der Waals surface area contributed by atoms with Gasteiger partial charge in [-0.3, -0.25) is 4.79 Å². The van der Waals surface area contributed by atoms with Crippen LogP contribution in [0.25, 0.3) is 10.9 Å². The summed E-state index contributed by atoms with van der Waals surface area (Å²) in [7, 11) is 0. The van der Waals surface area contributed by atoms with Crippen LogP contribution < -0.4 is 0 Å². The molecule has 0 aliphatic heterocycles. The largest absolute Gasteiger partial charge is 0.415 e. The van der Waals surface area contributed by atoms with Crippen molar-refractivity contribution in [1.82, 2.24) is 15.2 Å². The van der Waals surface area contributed by atoms with E-state index in [0.29, 0.717) is 17.0 Å². The zero-order valence-electron chi connectivity index (χ0n) is 8.67. The molecule has 2 heterocycles. The second kappa shape index (κ2) is 3.76. The molecule has 0 radical (unpaired) electrons. The van der Waals surface area contributed by atoms with Gasteiger partial charge in [-0.15, -0.1) is 21.5 Å². The minimum atomic E-state index is -1.18. The summed E-state index contributed by atoms with van der Waals surface area (Å²) in [5.41, 5.74) is -0.862. The molecular weight excluding hydrogens is 230 g/mol. The van der Waals surface area contributed by atoms with E-state index in [2.05, 4.69) is 15.2 Å². The quantitative estimate of drug-likeness (QED) is 0.810. The Balaban J connectivity index is 2.35. The molecule has 7 heteroatoms. The number of nitrogens with zero attached hydrogens (tertiary/aromatic N) is 3. The van der Waals surface area contributed by atoms with Gasteiger partial charge in [-0.1, -0.05) is 0 Å². The van der Waals surface area contributed by atoms with Crippen molar-refractivity contribution >= 4 is 17.6 Å². The lowest BCUT2D eigenvalue weighted by Gasteiger charge is -2.09. The third-order valence-corrected chi connectivity index (χ3v) is 2.62. The Morgan fingerprint density at radius 3 is 2.75 bits per heavy atom. The summed E-state index contributed by atoms with van der Waals surface area (Å²) in [6.45, 7) is 3.09. The predicted molar refractivity (Wildman–Crippen MR) is 56.0 cm³/mol. The minimum Gasteiger partial charge on any atom is -0.415 e. The molecule has 0 saturated heterocycles. The first kappa shape index (κ1) is 10.9. The van der Waals surface area contributed by atoms with Gasteiger partial charge in [0.25, 0.3) is 5.89 Å². The minimum absolute atomic E-state index is 0.116. The smallest absolute Gasteiger partial charge is 0.276 e. The van der Waals surface area contributed by atoms with Crippen LogP contribution in [0.4, 0.5) is 0 Å². The summed E-state index contributed by atoms with van der Waals surface area (Å²) in [5, 5.41) is 19.2. The van der Waals surface area contributed by atoms with E-state index in [-0.39, 0.29) is 11.8 Å². The number of aldehydes is 1. The van der Waals surface area contributed by atoms with Crippen molar-refractivity contribution in [3.8, 4) is 10.9 Å². The predicted octanol–water partition coefficient (Wildman–Crippen LogP) is 1.23. The number of rotatable bonds is 3. The lowest BCUT2D eigenvalue weighted by molar-refractivity contribution is 0.0488. The standard InChI is InChI=1S/C9H9N3O3S/c1-9(2,14)8-12-11-6(15-8)7-10-5(3-13)4-16-7/h3-4,14H,1-2H3. The molecule has 0 unspecified atom stereocenters. The molecule has 0 atom stereocenters. The van der Waals surface area contributed by atoms with Gasteiger partial charge in [0, 0.05) is 5.38 Å². The molecule has 0 bridgehead atoms. The van der Waals surface area contributed by atoms with Crippen LogP contribution in [-0.2, 0) is 5.60 Å². The Kier molecular flexibility index (Phi) is 2.56. The second-order valence-corrected chi connectivity index (χ2v) is 4.52. The average molecular weight is 239 g/mol. The Labute approximate surface area is 95.0 Å². The molecule has 0 aliphatic rings. The molecule has 0 saturated carbocycles. The third-order valence-electron chi connectivity index (χ3n) is 1.77. The van der Waals surface area contributed by atoms with Crippen molar-refractivity contribution in [1.29, 1.82) is 0 Å². The van der Waals surface area contributed by atoms with Crippen LogP contribution in [0, 0.1) is 0 Å². The number of hydrogen-bond donors (Lipinski definition) is 1. The van der Waals surface area contributed by atoms with E-state index in [1.165, 1.54) is 11.3 Å². The lowest BCUT2D eigenvalue weighted by Crippen LogP contribution is -2.15. The molecule has 1 N–H and O–H groups in total. The van der Waals surface area contributed by atoms with Crippen LogP contribution in [0.1, 0.15) is 30.2 Å². The van der Waals surface area contributed by atoms with Crippen LogP contribution in [0.5, 0.6) is 0 Å². The maximum Gasteiger partial charge on any atom is 0.276 e.